The van der Waals surface area contributed by atoms with Gasteiger partial charge in [0.25, 0.3) is 0 Å². The first-order chi connectivity index (χ1) is 6.22. The fourth-order valence-electron chi connectivity index (χ4n) is 2.24. The van der Waals surface area contributed by atoms with Crippen molar-refractivity contribution in [3.63, 3.8) is 0 Å². The summed E-state index contributed by atoms with van der Waals surface area (Å²) in [5.41, 5.74) is 0.544. The van der Waals surface area contributed by atoms with Crippen LogP contribution >= 0.6 is 0 Å². The highest BCUT2D eigenvalue weighted by Gasteiger charge is 2.34. The molecule has 1 N–H and O–H groups in total. The largest absolute Gasteiger partial charge is 0.311 e. The Morgan fingerprint density at radius 3 is 2.38 bits per heavy atom. The Labute approximate surface area is 83.3 Å². The molecule has 0 aliphatic heterocycles. The van der Waals surface area contributed by atoms with Crippen LogP contribution in [0.4, 0.5) is 0 Å². The predicted molar refractivity (Wildman–Crippen MR) is 58.9 cm³/mol. The smallest absolute Gasteiger partial charge is 0.0179 e. The molecule has 13 heavy (non-hydrogen) atoms. The summed E-state index contributed by atoms with van der Waals surface area (Å²) >= 11 is 0. The summed E-state index contributed by atoms with van der Waals surface area (Å²) in [6, 6.07) is 0. The zero-order chi connectivity index (χ0) is 9.73. The highest BCUT2D eigenvalue weighted by atomic mass is 15.0. The third kappa shape index (κ3) is 2.98. The van der Waals surface area contributed by atoms with Gasteiger partial charge in [0.2, 0.25) is 0 Å². The quantitative estimate of drug-likeness (QED) is 0.666. The molecular weight excluding hydrogens is 158 g/mol. The second-order valence-corrected chi connectivity index (χ2v) is 4.76. The van der Waals surface area contributed by atoms with Gasteiger partial charge in [-0.3, -0.25) is 0 Å². The molecule has 1 nitrogen and oxygen atoms in total. The molecule has 0 aromatic carbocycles. The van der Waals surface area contributed by atoms with Crippen molar-refractivity contribution in [3.05, 3.63) is 0 Å². The van der Waals surface area contributed by atoms with Gasteiger partial charge in [0.05, 0.1) is 0 Å². The van der Waals surface area contributed by atoms with Crippen LogP contribution in [-0.2, 0) is 0 Å². The minimum atomic E-state index is 0.544. The van der Waals surface area contributed by atoms with Gasteiger partial charge in [-0.25, -0.2) is 0 Å². The maximum absolute atomic E-state index is 3.77. The average Bonchev–Trinajstić information content (AvgIpc) is 2.04. The number of hydrogen-bond donors (Lipinski definition) is 1. The van der Waals surface area contributed by atoms with Crippen LogP contribution in [0.5, 0.6) is 0 Å². The standard InChI is InChI=1S/C12H25N/c1-4-7-11(3)10-13-12(5-2)8-6-9-12/h11,13H,4-10H2,1-3H3. The van der Waals surface area contributed by atoms with Gasteiger partial charge in [0.15, 0.2) is 0 Å². The van der Waals surface area contributed by atoms with E-state index in [2.05, 4.69) is 26.1 Å². The Morgan fingerprint density at radius 1 is 1.31 bits per heavy atom. The van der Waals surface area contributed by atoms with Crippen LogP contribution in [0, 0.1) is 5.92 Å². The lowest BCUT2D eigenvalue weighted by Crippen LogP contribution is -2.51. The van der Waals surface area contributed by atoms with Crippen molar-refractivity contribution in [1.29, 1.82) is 0 Å². The molecule has 1 fully saturated rings. The molecule has 0 saturated heterocycles. The first-order valence-corrected chi connectivity index (χ1v) is 5.97. The molecule has 1 rings (SSSR count). The summed E-state index contributed by atoms with van der Waals surface area (Å²) in [5.74, 6) is 0.856. The van der Waals surface area contributed by atoms with Gasteiger partial charge in [0.1, 0.15) is 0 Å². The van der Waals surface area contributed by atoms with Crippen molar-refractivity contribution in [2.45, 2.75) is 64.8 Å². The summed E-state index contributed by atoms with van der Waals surface area (Å²) in [4.78, 5) is 0. The van der Waals surface area contributed by atoms with E-state index in [0.29, 0.717) is 5.54 Å². The van der Waals surface area contributed by atoms with E-state index in [0.717, 1.165) is 5.92 Å². The minimum absolute atomic E-state index is 0.544. The third-order valence-corrected chi connectivity index (χ3v) is 3.59. The van der Waals surface area contributed by atoms with Crippen LogP contribution in [0.2, 0.25) is 0 Å². The van der Waals surface area contributed by atoms with E-state index in [1.807, 2.05) is 0 Å². The van der Waals surface area contributed by atoms with E-state index in [9.17, 15) is 0 Å². The Bertz CT molecular complexity index is 133. The molecule has 1 aliphatic carbocycles. The second kappa shape index (κ2) is 4.99. The van der Waals surface area contributed by atoms with Crippen LogP contribution < -0.4 is 5.32 Å². The summed E-state index contributed by atoms with van der Waals surface area (Å²) in [5, 5.41) is 3.77. The van der Waals surface area contributed by atoms with Crippen LogP contribution in [0.3, 0.4) is 0 Å². The molecule has 1 unspecified atom stereocenters. The lowest BCUT2D eigenvalue weighted by atomic mass is 9.74. The van der Waals surface area contributed by atoms with Crippen molar-refractivity contribution in [3.8, 4) is 0 Å². The van der Waals surface area contributed by atoms with Gasteiger partial charge in [-0.15, -0.1) is 0 Å². The van der Waals surface area contributed by atoms with E-state index in [1.54, 1.807) is 0 Å². The van der Waals surface area contributed by atoms with Crippen molar-refractivity contribution in [2.75, 3.05) is 6.54 Å². The molecule has 0 heterocycles. The van der Waals surface area contributed by atoms with Gasteiger partial charge >= 0.3 is 0 Å². The first kappa shape index (κ1) is 11.0. The average molecular weight is 183 g/mol. The Kier molecular flexibility index (Phi) is 4.24. The Balaban J connectivity index is 2.16. The van der Waals surface area contributed by atoms with Crippen molar-refractivity contribution in [1.82, 2.24) is 5.32 Å². The van der Waals surface area contributed by atoms with Crippen molar-refractivity contribution >= 4 is 0 Å². The highest BCUT2D eigenvalue weighted by molar-refractivity contribution is 4.94. The summed E-state index contributed by atoms with van der Waals surface area (Å²) < 4.78 is 0. The molecular formula is C12H25N. The highest BCUT2D eigenvalue weighted by Crippen LogP contribution is 2.34. The van der Waals surface area contributed by atoms with E-state index in [-0.39, 0.29) is 0 Å². The Hall–Kier alpha value is -0.0400. The maximum atomic E-state index is 3.77. The monoisotopic (exact) mass is 183 g/mol. The van der Waals surface area contributed by atoms with E-state index < -0.39 is 0 Å². The van der Waals surface area contributed by atoms with Crippen LogP contribution in [0.15, 0.2) is 0 Å². The molecule has 0 spiro atoms. The second-order valence-electron chi connectivity index (χ2n) is 4.76. The summed E-state index contributed by atoms with van der Waals surface area (Å²) in [6.07, 6.45) is 8.24. The molecule has 0 radical (unpaired) electrons. The van der Waals surface area contributed by atoms with Crippen molar-refractivity contribution < 1.29 is 0 Å². The van der Waals surface area contributed by atoms with E-state index in [1.165, 1.54) is 45.1 Å². The maximum Gasteiger partial charge on any atom is 0.0179 e. The van der Waals surface area contributed by atoms with Crippen LogP contribution in [0.1, 0.15) is 59.3 Å². The molecule has 1 heteroatoms. The molecule has 0 bridgehead atoms. The fourth-order valence-corrected chi connectivity index (χ4v) is 2.24. The molecule has 78 valence electrons. The van der Waals surface area contributed by atoms with Crippen LogP contribution in [0.25, 0.3) is 0 Å². The molecule has 0 amide bonds. The molecule has 0 aromatic rings. The first-order valence-electron chi connectivity index (χ1n) is 5.97. The molecule has 0 aromatic heterocycles. The van der Waals surface area contributed by atoms with E-state index >= 15 is 0 Å². The Morgan fingerprint density at radius 2 is 2.00 bits per heavy atom. The lowest BCUT2D eigenvalue weighted by Gasteiger charge is -2.43. The zero-order valence-electron chi connectivity index (χ0n) is 9.53. The van der Waals surface area contributed by atoms with Gasteiger partial charge in [-0.05, 0) is 44.6 Å². The fraction of sp³-hybridized carbons (Fsp3) is 1.00. The molecule has 1 atom stereocenters. The summed E-state index contributed by atoms with van der Waals surface area (Å²) in [7, 11) is 0. The van der Waals surface area contributed by atoms with Crippen LogP contribution in [-0.4, -0.2) is 12.1 Å². The van der Waals surface area contributed by atoms with E-state index in [4.69, 9.17) is 0 Å². The zero-order valence-corrected chi connectivity index (χ0v) is 9.53. The van der Waals surface area contributed by atoms with Crippen molar-refractivity contribution in [2.24, 2.45) is 5.92 Å². The summed E-state index contributed by atoms with van der Waals surface area (Å²) in [6.45, 7) is 8.17. The molecule has 1 saturated carbocycles. The van der Waals surface area contributed by atoms with Gasteiger partial charge < -0.3 is 5.32 Å². The number of nitrogens with one attached hydrogen (secondary N) is 1. The van der Waals surface area contributed by atoms with Gasteiger partial charge in [-0.2, -0.15) is 0 Å². The van der Waals surface area contributed by atoms with Gasteiger partial charge in [-0.1, -0.05) is 27.2 Å². The normalized spacial score (nSPS) is 22.4. The predicted octanol–water partition coefficient (Wildman–Crippen LogP) is 3.34. The topological polar surface area (TPSA) is 12.0 Å². The number of rotatable bonds is 6. The minimum Gasteiger partial charge on any atom is -0.311 e. The number of hydrogen-bond acceptors (Lipinski definition) is 1. The van der Waals surface area contributed by atoms with Gasteiger partial charge in [0, 0.05) is 5.54 Å². The lowest BCUT2D eigenvalue weighted by molar-refractivity contribution is 0.168. The third-order valence-electron chi connectivity index (χ3n) is 3.59. The molecule has 1 aliphatic rings. The SMILES string of the molecule is CCCC(C)CNC1(CC)CCC1.